The maximum atomic E-state index is 12.6. The van der Waals surface area contributed by atoms with Crippen molar-refractivity contribution in [1.29, 1.82) is 0 Å². The molecular formula is C25H37NO8. The monoisotopic (exact) mass is 479 g/mol. The third-order valence-corrected chi connectivity index (χ3v) is 5.34. The first-order chi connectivity index (χ1) is 16.0. The average Bonchev–Trinajstić information content (AvgIpc) is 2.79. The summed E-state index contributed by atoms with van der Waals surface area (Å²) in [5.41, 5.74) is 5.47. The van der Waals surface area contributed by atoms with E-state index in [9.17, 15) is 19.2 Å². The highest BCUT2D eigenvalue weighted by Crippen LogP contribution is 2.31. The summed E-state index contributed by atoms with van der Waals surface area (Å²) in [4.78, 5) is 48.4. The molecule has 1 aromatic carbocycles. The minimum absolute atomic E-state index is 0.00556. The SMILES string of the molecule is CCC(=O)Oc1ccc(CC(N)(C[C@H](C)OC(=O)CC(C)CC)C(=O)OC)cc1OC(=O)CC. The second-order valence-electron chi connectivity index (χ2n) is 8.48. The van der Waals surface area contributed by atoms with Crippen molar-refractivity contribution < 1.29 is 38.1 Å². The van der Waals surface area contributed by atoms with Crippen LogP contribution in [0.25, 0.3) is 0 Å². The van der Waals surface area contributed by atoms with Crippen LogP contribution >= 0.6 is 0 Å². The van der Waals surface area contributed by atoms with Crippen LogP contribution in [0.3, 0.4) is 0 Å². The van der Waals surface area contributed by atoms with Gasteiger partial charge in [0.25, 0.3) is 0 Å². The van der Waals surface area contributed by atoms with Gasteiger partial charge in [0.15, 0.2) is 11.5 Å². The van der Waals surface area contributed by atoms with Crippen molar-refractivity contribution in [2.45, 2.75) is 84.8 Å². The Morgan fingerprint density at radius 1 is 0.941 bits per heavy atom. The fraction of sp³-hybridized carbons (Fsp3) is 0.600. The van der Waals surface area contributed by atoms with E-state index in [4.69, 9.17) is 24.7 Å². The highest BCUT2D eigenvalue weighted by atomic mass is 16.6. The predicted octanol–water partition coefficient (Wildman–Crippen LogP) is 3.49. The third kappa shape index (κ3) is 9.13. The molecule has 0 spiro atoms. The number of hydrogen-bond donors (Lipinski definition) is 1. The molecule has 2 N–H and O–H groups in total. The molecule has 0 bridgehead atoms. The minimum Gasteiger partial charge on any atom is -0.468 e. The molecule has 0 aliphatic heterocycles. The summed E-state index contributed by atoms with van der Waals surface area (Å²) in [5, 5.41) is 0. The van der Waals surface area contributed by atoms with Crippen LogP contribution in [0, 0.1) is 5.92 Å². The number of carbonyl (C=O) groups is 4. The van der Waals surface area contributed by atoms with E-state index in [0.29, 0.717) is 5.56 Å². The van der Waals surface area contributed by atoms with Gasteiger partial charge in [-0.25, -0.2) is 0 Å². The molecule has 2 unspecified atom stereocenters. The summed E-state index contributed by atoms with van der Waals surface area (Å²) in [6, 6.07) is 4.59. The van der Waals surface area contributed by atoms with Crippen molar-refractivity contribution in [3.63, 3.8) is 0 Å². The third-order valence-electron chi connectivity index (χ3n) is 5.34. The molecule has 190 valence electrons. The van der Waals surface area contributed by atoms with E-state index >= 15 is 0 Å². The van der Waals surface area contributed by atoms with Gasteiger partial charge >= 0.3 is 23.9 Å². The number of benzene rings is 1. The fourth-order valence-electron chi connectivity index (χ4n) is 3.27. The first-order valence-electron chi connectivity index (χ1n) is 11.6. The van der Waals surface area contributed by atoms with E-state index in [2.05, 4.69) is 0 Å². The quantitative estimate of drug-likeness (QED) is 0.333. The van der Waals surface area contributed by atoms with Gasteiger partial charge in [0, 0.05) is 32.1 Å². The summed E-state index contributed by atoms with van der Waals surface area (Å²) < 4.78 is 21.0. The minimum atomic E-state index is -1.52. The molecule has 9 heteroatoms. The number of rotatable bonds is 13. The lowest BCUT2D eigenvalue weighted by atomic mass is 9.86. The van der Waals surface area contributed by atoms with E-state index in [0.717, 1.165) is 6.42 Å². The Bertz CT molecular complexity index is 868. The molecule has 0 amide bonds. The molecule has 1 rings (SSSR count). The van der Waals surface area contributed by atoms with Crippen LogP contribution in [0.15, 0.2) is 18.2 Å². The van der Waals surface area contributed by atoms with Crippen LogP contribution in [-0.4, -0.2) is 42.6 Å². The van der Waals surface area contributed by atoms with Crippen LogP contribution in [0.4, 0.5) is 0 Å². The lowest BCUT2D eigenvalue weighted by Gasteiger charge is -2.29. The van der Waals surface area contributed by atoms with Gasteiger partial charge in [0.05, 0.1) is 7.11 Å². The molecule has 0 aliphatic carbocycles. The van der Waals surface area contributed by atoms with Gasteiger partial charge in [0.1, 0.15) is 11.6 Å². The number of methoxy groups -OCH3 is 1. The van der Waals surface area contributed by atoms with Crippen molar-refractivity contribution in [2.75, 3.05) is 7.11 Å². The zero-order valence-electron chi connectivity index (χ0n) is 21.0. The molecule has 0 saturated heterocycles. The smallest absolute Gasteiger partial charge is 0.326 e. The normalized spacial score (nSPS) is 14.3. The van der Waals surface area contributed by atoms with Gasteiger partial charge in [-0.15, -0.1) is 0 Å². The van der Waals surface area contributed by atoms with Crippen molar-refractivity contribution in [3.05, 3.63) is 23.8 Å². The lowest BCUT2D eigenvalue weighted by molar-refractivity contribution is -0.155. The second kappa shape index (κ2) is 13.7. The highest BCUT2D eigenvalue weighted by molar-refractivity contribution is 5.81. The summed E-state index contributed by atoms with van der Waals surface area (Å²) in [6.07, 6.45) is 0.775. The maximum Gasteiger partial charge on any atom is 0.326 e. The van der Waals surface area contributed by atoms with Crippen LogP contribution < -0.4 is 15.2 Å². The van der Waals surface area contributed by atoms with Crippen molar-refractivity contribution in [1.82, 2.24) is 0 Å². The van der Waals surface area contributed by atoms with Crippen LogP contribution in [0.2, 0.25) is 0 Å². The van der Waals surface area contributed by atoms with Crippen LogP contribution in [-0.2, 0) is 35.1 Å². The predicted molar refractivity (Wildman–Crippen MR) is 125 cm³/mol. The van der Waals surface area contributed by atoms with Gasteiger partial charge in [-0.2, -0.15) is 0 Å². The Morgan fingerprint density at radius 2 is 1.53 bits per heavy atom. The number of esters is 4. The number of hydrogen-bond acceptors (Lipinski definition) is 9. The Balaban J connectivity index is 3.14. The number of carbonyl (C=O) groups excluding carboxylic acids is 4. The molecule has 0 radical (unpaired) electrons. The molecular weight excluding hydrogens is 442 g/mol. The molecule has 0 fully saturated rings. The summed E-state index contributed by atoms with van der Waals surface area (Å²) in [7, 11) is 1.23. The first kappa shape index (κ1) is 29.1. The van der Waals surface area contributed by atoms with E-state index in [1.807, 2.05) is 13.8 Å². The second-order valence-corrected chi connectivity index (χ2v) is 8.48. The van der Waals surface area contributed by atoms with E-state index in [-0.39, 0.29) is 55.5 Å². The summed E-state index contributed by atoms with van der Waals surface area (Å²) in [6.45, 7) is 8.89. The molecule has 0 saturated carbocycles. The van der Waals surface area contributed by atoms with Gasteiger partial charge in [-0.05, 0) is 30.5 Å². The standard InChI is InChI=1S/C25H37NO8/c1-7-16(4)12-23(29)32-17(5)14-25(26,24(30)31-6)15-18-10-11-19(33-21(27)8-2)20(13-18)34-22(28)9-3/h10-11,13,16-17H,7-9,12,14-15,26H2,1-6H3/t16?,17-,25?/m0/s1. The molecule has 0 aliphatic rings. The number of nitrogens with two attached hydrogens (primary N) is 1. The maximum absolute atomic E-state index is 12.6. The van der Waals surface area contributed by atoms with Gasteiger partial charge in [-0.3, -0.25) is 19.2 Å². The fourth-order valence-corrected chi connectivity index (χ4v) is 3.27. The zero-order valence-corrected chi connectivity index (χ0v) is 21.0. The van der Waals surface area contributed by atoms with Crippen LogP contribution in [0.5, 0.6) is 11.5 Å². The molecule has 3 atom stereocenters. The molecule has 0 aromatic heterocycles. The Hall–Kier alpha value is -2.94. The molecule has 0 heterocycles. The Labute approximate surface area is 201 Å². The summed E-state index contributed by atoms with van der Waals surface area (Å²) >= 11 is 0. The van der Waals surface area contributed by atoms with Gasteiger partial charge < -0.3 is 24.7 Å². The Morgan fingerprint density at radius 3 is 2.06 bits per heavy atom. The largest absolute Gasteiger partial charge is 0.468 e. The molecule has 1 aromatic rings. The van der Waals surface area contributed by atoms with E-state index in [1.54, 1.807) is 26.8 Å². The Kier molecular flexibility index (Phi) is 11.7. The van der Waals surface area contributed by atoms with E-state index in [1.165, 1.54) is 19.2 Å². The number of ether oxygens (including phenoxy) is 4. The van der Waals surface area contributed by atoms with Crippen molar-refractivity contribution in [2.24, 2.45) is 11.7 Å². The van der Waals surface area contributed by atoms with Gasteiger partial charge in [0.2, 0.25) is 0 Å². The summed E-state index contributed by atoms with van der Waals surface area (Å²) in [5.74, 6) is -1.71. The average molecular weight is 480 g/mol. The first-order valence-corrected chi connectivity index (χ1v) is 11.6. The topological polar surface area (TPSA) is 131 Å². The molecule has 9 nitrogen and oxygen atoms in total. The molecule has 34 heavy (non-hydrogen) atoms. The van der Waals surface area contributed by atoms with Gasteiger partial charge in [-0.1, -0.05) is 40.2 Å². The lowest BCUT2D eigenvalue weighted by Crippen LogP contribution is -2.53. The highest BCUT2D eigenvalue weighted by Gasteiger charge is 2.38. The van der Waals surface area contributed by atoms with Crippen molar-refractivity contribution >= 4 is 23.9 Å². The zero-order chi connectivity index (χ0) is 25.9. The van der Waals surface area contributed by atoms with Crippen molar-refractivity contribution in [3.8, 4) is 11.5 Å². The van der Waals surface area contributed by atoms with Crippen LogP contribution in [0.1, 0.15) is 72.3 Å². The van der Waals surface area contributed by atoms with E-state index < -0.39 is 29.6 Å².